The van der Waals surface area contributed by atoms with E-state index in [1.54, 1.807) is 0 Å². The van der Waals surface area contributed by atoms with Crippen LogP contribution in [-0.4, -0.2) is 41.2 Å². The molecular formula is C24H28N2O4. The van der Waals surface area contributed by atoms with E-state index in [-0.39, 0.29) is 19.1 Å². The van der Waals surface area contributed by atoms with E-state index in [1.165, 1.54) is 0 Å². The van der Waals surface area contributed by atoms with Gasteiger partial charge in [0.05, 0.1) is 6.54 Å². The zero-order valence-electron chi connectivity index (χ0n) is 17.7. The highest BCUT2D eigenvalue weighted by Crippen LogP contribution is 2.39. The van der Waals surface area contributed by atoms with E-state index in [2.05, 4.69) is 5.32 Å². The first-order valence-electron chi connectivity index (χ1n) is 10.4. The SMILES string of the molecule is Cc1ccc(C)c(OC[C@H](O)CN2C(=O)N[C@@]3(CCCc4ccccc43)C2=O)c1C. The molecule has 3 amide bonds. The minimum Gasteiger partial charge on any atom is -0.490 e. The Morgan fingerprint density at radius 1 is 1.13 bits per heavy atom. The van der Waals surface area contributed by atoms with Crippen molar-refractivity contribution in [3.8, 4) is 5.75 Å². The van der Waals surface area contributed by atoms with Crippen molar-refractivity contribution < 1.29 is 19.4 Å². The second-order valence-corrected chi connectivity index (χ2v) is 8.38. The lowest BCUT2D eigenvalue weighted by Gasteiger charge is -2.33. The maximum absolute atomic E-state index is 13.3. The van der Waals surface area contributed by atoms with Crippen LogP contribution in [0.4, 0.5) is 4.79 Å². The lowest BCUT2D eigenvalue weighted by molar-refractivity contribution is -0.133. The first-order valence-corrected chi connectivity index (χ1v) is 10.4. The Balaban J connectivity index is 1.48. The molecule has 30 heavy (non-hydrogen) atoms. The Morgan fingerprint density at radius 3 is 2.67 bits per heavy atom. The van der Waals surface area contributed by atoms with Crippen molar-refractivity contribution >= 4 is 11.9 Å². The highest BCUT2D eigenvalue weighted by atomic mass is 16.5. The lowest BCUT2D eigenvalue weighted by Crippen LogP contribution is -2.47. The van der Waals surface area contributed by atoms with Gasteiger partial charge < -0.3 is 15.2 Å². The number of rotatable bonds is 5. The fourth-order valence-corrected chi connectivity index (χ4v) is 4.57. The van der Waals surface area contributed by atoms with Gasteiger partial charge >= 0.3 is 6.03 Å². The van der Waals surface area contributed by atoms with Crippen LogP contribution in [0.25, 0.3) is 0 Å². The minimum atomic E-state index is -1.02. The highest BCUT2D eigenvalue weighted by molar-refractivity contribution is 6.07. The quantitative estimate of drug-likeness (QED) is 0.745. The number of carbonyl (C=O) groups excluding carboxylic acids is 2. The Morgan fingerprint density at radius 2 is 1.87 bits per heavy atom. The molecule has 1 spiro atoms. The molecule has 0 unspecified atom stereocenters. The molecule has 2 N–H and O–H groups in total. The maximum Gasteiger partial charge on any atom is 0.325 e. The second kappa shape index (κ2) is 7.76. The summed E-state index contributed by atoms with van der Waals surface area (Å²) in [5, 5.41) is 13.5. The third-order valence-electron chi connectivity index (χ3n) is 6.34. The number of nitrogens with zero attached hydrogens (tertiary/aromatic N) is 1. The number of hydrogen-bond acceptors (Lipinski definition) is 4. The van der Waals surface area contributed by atoms with Gasteiger partial charge in [-0.25, -0.2) is 4.79 Å². The van der Waals surface area contributed by atoms with E-state index in [1.807, 2.05) is 57.2 Å². The summed E-state index contributed by atoms with van der Waals surface area (Å²) in [7, 11) is 0. The number of ether oxygens (including phenoxy) is 1. The van der Waals surface area contributed by atoms with Gasteiger partial charge in [0, 0.05) is 0 Å². The molecule has 1 fully saturated rings. The summed E-state index contributed by atoms with van der Waals surface area (Å²) in [6.07, 6.45) is 1.31. The minimum absolute atomic E-state index is 0.00573. The van der Waals surface area contributed by atoms with Crippen LogP contribution in [0.1, 0.15) is 40.7 Å². The van der Waals surface area contributed by atoms with Crippen LogP contribution in [-0.2, 0) is 16.8 Å². The Hall–Kier alpha value is -2.86. The molecule has 0 saturated carbocycles. The van der Waals surface area contributed by atoms with Gasteiger partial charge in [-0.3, -0.25) is 9.69 Å². The largest absolute Gasteiger partial charge is 0.490 e. The van der Waals surface area contributed by atoms with Crippen molar-refractivity contribution in [3.63, 3.8) is 0 Å². The Bertz CT molecular complexity index is 1000. The summed E-state index contributed by atoms with van der Waals surface area (Å²) in [6.45, 7) is 5.85. The molecule has 158 valence electrons. The maximum atomic E-state index is 13.3. The van der Waals surface area contributed by atoms with Crippen LogP contribution < -0.4 is 10.1 Å². The predicted molar refractivity (Wildman–Crippen MR) is 113 cm³/mol. The summed E-state index contributed by atoms with van der Waals surface area (Å²) in [6, 6.07) is 11.3. The molecule has 0 aromatic heterocycles. The first kappa shape index (κ1) is 20.4. The number of imide groups is 1. The average Bonchev–Trinajstić information content (AvgIpc) is 2.96. The molecule has 1 heterocycles. The molecule has 0 bridgehead atoms. The van der Waals surface area contributed by atoms with Crippen molar-refractivity contribution in [1.29, 1.82) is 0 Å². The van der Waals surface area contributed by atoms with Crippen LogP contribution in [0.3, 0.4) is 0 Å². The number of aliphatic hydroxyl groups excluding tert-OH is 1. The van der Waals surface area contributed by atoms with E-state index in [0.29, 0.717) is 6.42 Å². The third-order valence-corrected chi connectivity index (χ3v) is 6.34. The topological polar surface area (TPSA) is 78.9 Å². The molecule has 1 aliphatic carbocycles. The zero-order chi connectivity index (χ0) is 21.5. The lowest BCUT2D eigenvalue weighted by atomic mass is 9.76. The summed E-state index contributed by atoms with van der Waals surface area (Å²) in [5.41, 5.74) is 4.06. The number of aliphatic hydroxyl groups is 1. The van der Waals surface area contributed by atoms with Gasteiger partial charge in [-0.15, -0.1) is 0 Å². The van der Waals surface area contributed by atoms with Crippen molar-refractivity contribution in [2.75, 3.05) is 13.2 Å². The van der Waals surface area contributed by atoms with E-state index < -0.39 is 17.7 Å². The van der Waals surface area contributed by atoms with E-state index in [0.717, 1.165) is 51.3 Å². The van der Waals surface area contributed by atoms with Crippen LogP contribution in [0.5, 0.6) is 5.75 Å². The van der Waals surface area contributed by atoms with Crippen molar-refractivity contribution in [1.82, 2.24) is 10.2 Å². The molecule has 0 radical (unpaired) electrons. The fraction of sp³-hybridized carbons (Fsp3) is 0.417. The molecule has 1 aliphatic heterocycles. The standard InChI is InChI=1S/C24H28N2O4/c1-15-10-11-16(2)21(17(15)3)30-14-19(27)13-26-22(28)24(25-23(26)29)12-6-8-18-7-4-5-9-20(18)24/h4-5,7,9-11,19,27H,6,8,12-14H2,1-3H3,(H,25,29)/t19-,24-/m1/s1. The number of urea groups is 1. The Labute approximate surface area is 176 Å². The van der Waals surface area contributed by atoms with Crippen molar-refractivity contribution in [2.24, 2.45) is 0 Å². The van der Waals surface area contributed by atoms with Crippen LogP contribution in [0, 0.1) is 20.8 Å². The number of hydrogen-bond donors (Lipinski definition) is 2. The van der Waals surface area contributed by atoms with Crippen molar-refractivity contribution in [2.45, 2.75) is 51.7 Å². The summed E-state index contributed by atoms with van der Waals surface area (Å²) >= 11 is 0. The zero-order valence-corrected chi connectivity index (χ0v) is 17.7. The Kier molecular flexibility index (Phi) is 5.28. The molecule has 1 saturated heterocycles. The van der Waals surface area contributed by atoms with E-state index >= 15 is 0 Å². The van der Waals surface area contributed by atoms with E-state index in [4.69, 9.17) is 4.74 Å². The monoisotopic (exact) mass is 408 g/mol. The van der Waals surface area contributed by atoms with Gasteiger partial charge in [-0.2, -0.15) is 0 Å². The summed E-state index contributed by atoms with van der Waals surface area (Å²) in [5.74, 6) is 0.450. The van der Waals surface area contributed by atoms with Crippen LogP contribution in [0.15, 0.2) is 36.4 Å². The molecule has 2 aromatic rings. The molecule has 6 heteroatoms. The number of carbonyl (C=O) groups is 2. The third kappa shape index (κ3) is 3.35. The number of aryl methyl sites for hydroxylation is 3. The number of amides is 3. The number of β-amino-alcohol motifs (C(OH)–C–C–N with tert-alkyl or cyclic N) is 1. The highest BCUT2D eigenvalue weighted by Gasteiger charge is 2.54. The molecule has 2 aliphatic rings. The van der Waals surface area contributed by atoms with Crippen molar-refractivity contribution in [3.05, 3.63) is 64.2 Å². The molecular weight excluding hydrogens is 380 g/mol. The van der Waals surface area contributed by atoms with Gasteiger partial charge in [0.1, 0.15) is 24.0 Å². The smallest absolute Gasteiger partial charge is 0.325 e. The van der Waals surface area contributed by atoms with Gasteiger partial charge in [-0.1, -0.05) is 36.4 Å². The molecule has 2 aromatic carbocycles. The number of benzene rings is 2. The number of fused-ring (bicyclic) bond motifs is 2. The molecule has 2 atom stereocenters. The van der Waals surface area contributed by atoms with Gasteiger partial charge in [0.2, 0.25) is 0 Å². The summed E-state index contributed by atoms with van der Waals surface area (Å²) < 4.78 is 5.86. The van der Waals surface area contributed by atoms with Crippen LogP contribution >= 0.6 is 0 Å². The van der Waals surface area contributed by atoms with Gasteiger partial charge in [0.15, 0.2) is 0 Å². The predicted octanol–water partition coefficient (Wildman–Crippen LogP) is 3.14. The van der Waals surface area contributed by atoms with Gasteiger partial charge in [-0.05, 0) is 67.9 Å². The normalized spacial score (nSPS) is 21.5. The molecule has 6 nitrogen and oxygen atoms in total. The summed E-state index contributed by atoms with van der Waals surface area (Å²) in [4.78, 5) is 27.1. The number of nitrogens with one attached hydrogen (secondary N) is 1. The molecule has 4 rings (SSSR count). The van der Waals surface area contributed by atoms with Crippen LogP contribution in [0.2, 0.25) is 0 Å². The second-order valence-electron chi connectivity index (χ2n) is 8.38. The van der Waals surface area contributed by atoms with Gasteiger partial charge in [0.25, 0.3) is 5.91 Å². The van der Waals surface area contributed by atoms with E-state index in [9.17, 15) is 14.7 Å². The first-order chi connectivity index (χ1) is 14.3. The average molecular weight is 408 g/mol. The fourth-order valence-electron chi connectivity index (χ4n) is 4.57.